The van der Waals surface area contributed by atoms with Crippen molar-refractivity contribution in [2.75, 3.05) is 6.54 Å². The van der Waals surface area contributed by atoms with Crippen LogP contribution in [0.5, 0.6) is 0 Å². The molecule has 0 amide bonds. The van der Waals surface area contributed by atoms with Crippen molar-refractivity contribution in [2.45, 2.75) is 83.9 Å². The van der Waals surface area contributed by atoms with E-state index in [-0.39, 0.29) is 11.6 Å². The van der Waals surface area contributed by atoms with E-state index in [2.05, 4.69) is 32.6 Å². The smallest absolute Gasteiger partial charge is 0.0664 e. The lowest BCUT2D eigenvalue weighted by molar-refractivity contribution is -0.0774. The normalized spacial score (nSPS) is 38.2. The fourth-order valence-electron chi connectivity index (χ4n) is 4.43. The second kappa shape index (κ2) is 5.50. The maximum atomic E-state index is 10.1. The number of rotatable bonds is 3. The van der Waals surface area contributed by atoms with Crippen LogP contribution in [-0.2, 0) is 0 Å². The van der Waals surface area contributed by atoms with Gasteiger partial charge in [0.2, 0.25) is 0 Å². The van der Waals surface area contributed by atoms with Gasteiger partial charge in [0.25, 0.3) is 0 Å². The molecule has 2 heteroatoms. The van der Waals surface area contributed by atoms with E-state index < -0.39 is 0 Å². The maximum Gasteiger partial charge on any atom is 0.0664 e. The van der Waals surface area contributed by atoms with E-state index in [0.29, 0.717) is 0 Å². The molecule has 1 saturated carbocycles. The third-order valence-electron chi connectivity index (χ3n) is 5.39. The van der Waals surface area contributed by atoms with Gasteiger partial charge in [0.05, 0.1) is 6.10 Å². The third kappa shape index (κ3) is 2.75. The van der Waals surface area contributed by atoms with Gasteiger partial charge in [0.1, 0.15) is 0 Å². The van der Waals surface area contributed by atoms with Crippen molar-refractivity contribution in [1.82, 2.24) is 4.90 Å². The molecule has 0 spiro atoms. The van der Waals surface area contributed by atoms with Gasteiger partial charge in [-0.25, -0.2) is 0 Å². The van der Waals surface area contributed by atoms with Crippen LogP contribution in [0.3, 0.4) is 0 Å². The molecule has 1 heterocycles. The fourth-order valence-corrected chi connectivity index (χ4v) is 4.43. The highest BCUT2D eigenvalue weighted by atomic mass is 16.3. The van der Waals surface area contributed by atoms with Crippen LogP contribution in [0.15, 0.2) is 0 Å². The molecule has 0 aromatic rings. The number of nitrogens with zero attached hydrogens (tertiary/aromatic N) is 1. The summed E-state index contributed by atoms with van der Waals surface area (Å²) in [5.74, 6) is 1.72. The van der Waals surface area contributed by atoms with Crippen LogP contribution in [0.25, 0.3) is 0 Å². The van der Waals surface area contributed by atoms with E-state index >= 15 is 0 Å². The summed E-state index contributed by atoms with van der Waals surface area (Å²) in [6, 6.07) is 0.721. The molecule has 0 bridgehead atoms. The van der Waals surface area contributed by atoms with Crippen LogP contribution in [0.4, 0.5) is 0 Å². The van der Waals surface area contributed by atoms with Gasteiger partial charge in [-0.2, -0.15) is 0 Å². The number of likely N-dealkylation sites (tertiary alicyclic amines) is 1. The molecule has 1 aliphatic carbocycles. The van der Waals surface area contributed by atoms with E-state index in [9.17, 15) is 5.11 Å². The molecule has 1 saturated heterocycles. The Bertz CT molecular complexity index is 276. The molecule has 0 aromatic carbocycles. The van der Waals surface area contributed by atoms with E-state index in [4.69, 9.17) is 0 Å². The average molecular weight is 253 g/mol. The van der Waals surface area contributed by atoms with Gasteiger partial charge in [-0.05, 0) is 51.4 Å². The number of fused-ring (bicyclic) bond motifs is 1. The summed E-state index contributed by atoms with van der Waals surface area (Å²) >= 11 is 0. The Balaban J connectivity index is 2.16. The molecule has 2 aliphatic rings. The van der Waals surface area contributed by atoms with Crippen LogP contribution in [0.2, 0.25) is 0 Å². The van der Waals surface area contributed by atoms with Crippen LogP contribution in [0.1, 0.15) is 66.2 Å². The number of β-amino-alcohol motifs (C(OH)–C–C–N with tert-alkyl or cyclic N) is 1. The first-order chi connectivity index (χ1) is 8.45. The Labute approximate surface area is 113 Å². The van der Waals surface area contributed by atoms with Gasteiger partial charge in [-0.1, -0.05) is 26.7 Å². The Morgan fingerprint density at radius 3 is 2.61 bits per heavy atom. The monoisotopic (exact) mass is 253 g/mol. The Morgan fingerprint density at radius 2 is 1.94 bits per heavy atom. The van der Waals surface area contributed by atoms with Crippen molar-refractivity contribution in [1.29, 1.82) is 0 Å². The number of aliphatic hydroxyl groups is 1. The highest BCUT2D eigenvalue weighted by molar-refractivity contribution is 5.00. The zero-order valence-corrected chi connectivity index (χ0v) is 12.7. The summed E-state index contributed by atoms with van der Waals surface area (Å²) in [5.41, 5.74) is 0.258. The molecule has 0 radical (unpaired) electrons. The molecular formula is C16H31NO. The highest BCUT2D eigenvalue weighted by Gasteiger charge is 2.45. The first kappa shape index (κ1) is 14.3. The minimum absolute atomic E-state index is 0.153. The molecule has 4 unspecified atom stereocenters. The highest BCUT2D eigenvalue weighted by Crippen LogP contribution is 2.45. The largest absolute Gasteiger partial charge is 0.392 e. The van der Waals surface area contributed by atoms with Crippen molar-refractivity contribution in [3.05, 3.63) is 0 Å². The molecule has 1 aliphatic heterocycles. The molecule has 2 fully saturated rings. The molecule has 18 heavy (non-hydrogen) atoms. The van der Waals surface area contributed by atoms with Gasteiger partial charge in [0, 0.05) is 18.1 Å². The number of hydrogen-bond donors (Lipinski definition) is 1. The van der Waals surface area contributed by atoms with E-state index in [1.54, 1.807) is 0 Å². The lowest BCUT2D eigenvalue weighted by Gasteiger charge is -2.56. The molecule has 1 N–H and O–H groups in total. The van der Waals surface area contributed by atoms with Crippen molar-refractivity contribution >= 4 is 0 Å². The molecule has 2 nitrogen and oxygen atoms in total. The van der Waals surface area contributed by atoms with Crippen LogP contribution in [-0.4, -0.2) is 34.2 Å². The van der Waals surface area contributed by atoms with Crippen molar-refractivity contribution in [3.63, 3.8) is 0 Å². The van der Waals surface area contributed by atoms with Crippen LogP contribution in [0, 0.1) is 11.8 Å². The Kier molecular flexibility index (Phi) is 4.38. The number of piperidine rings is 1. The van der Waals surface area contributed by atoms with Crippen LogP contribution >= 0.6 is 0 Å². The van der Waals surface area contributed by atoms with Gasteiger partial charge in [-0.3, -0.25) is 4.90 Å². The second-order valence-electron chi connectivity index (χ2n) is 7.22. The summed E-state index contributed by atoms with van der Waals surface area (Å²) in [6.07, 6.45) is 7.54. The van der Waals surface area contributed by atoms with Crippen molar-refractivity contribution in [3.8, 4) is 0 Å². The van der Waals surface area contributed by atoms with E-state index in [1.807, 2.05) is 0 Å². The topological polar surface area (TPSA) is 23.5 Å². The molecule has 4 atom stereocenters. The summed E-state index contributed by atoms with van der Waals surface area (Å²) in [5, 5.41) is 10.1. The third-order valence-corrected chi connectivity index (χ3v) is 5.39. The Hall–Kier alpha value is -0.0800. The van der Waals surface area contributed by atoms with E-state index in [1.165, 1.54) is 32.1 Å². The molecular weight excluding hydrogens is 222 g/mol. The Morgan fingerprint density at radius 1 is 1.28 bits per heavy atom. The number of hydrogen-bond acceptors (Lipinski definition) is 2. The number of aliphatic hydroxyl groups excluding tert-OH is 1. The lowest BCUT2D eigenvalue weighted by atomic mass is 9.67. The zero-order valence-electron chi connectivity index (χ0n) is 12.7. The van der Waals surface area contributed by atoms with Gasteiger partial charge in [0.15, 0.2) is 0 Å². The maximum absolute atomic E-state index is 10.1. The zero-order chi connectivity index (χ0) is 13.3. The minimum atomic E-state index is -0.153. The predicted molar refractivity (Wildman–Crippen MR) is 76.6 cm³/mol. The van der Waals surface area contributed by atoms with Gasteiger partial charge < -0.3 is 5.11 Å². The quantitative estimate of drug-likeness (QED) is 0.833. The van der Waals surface area contributed by atoms with Gasteiger partial charge in [-0.15, -0.1) is 0 Å². The predicted octanol–water partition coefficient (Wildman–Crippen LogP) is 3.44. The van der Waals surface area contributed by atoms with Crippen LogP contribution < -0.4 is 0 Å². The summed E-state index contributed by atoms with van der Waals surface area (Å²) in [4.78, 5) is 2.64. The first-order valence-corrected chi connectivity index (χ1v) is 7.90. The lowest BCUT2D eigenvalue weighted by Crippen LogP contribution is -2.61. The standard InChI is InChI=1S/C16H31NO/c1-5-13(18)11-17-15-9-7-6-8-14(15)12(2)10-16(17,3)4/h12-15,18H,5-11H2,1-4H3. The summed E-state index contributed by atoms with van der Waals surface area (Å²) in [6.45, 7) is 10.1. The second-order valence-corrected chi connectivity index (χ2v) is 7.22. The summed E-state index contributed by atoms with van der Waals surface area (Å²) < 4.78 is 0. The van der Waals surface area contributed by atoms with Gasteiger partial charge >= 0.3 is 0 Å². The molecule has 106 valence electrons. The van der Waals surface area contributed by atoms with Crippen molar-refractivity contribution < 1.29 is 5.11 Å². The molecule has 2 rings (SSSR count). The first-order valence-electron chi connectivity index (χ1n) is 7.90. The van der Waals surface area contributed by atoms with Crippen molar-refractivity contribution in [2.24, 2.45) is 11.8 Å². The van der Waals surface area contributed by atoms with E-state index in [0.717, 1.165) is 30.8 Å². The fraction of sp³-hybridized carbons (Fsp3) is 1.00. The SMILES string of the molecule is CCC(O)CN1C2CCCCC2C(C)CC1(C)C. The molecule has 0 aromatic heterocycles. The summed E-state index contributed by atoms with van der Waals surface area (Å²) in [7, 11) is 0. The minimum Gasteiger partial charge on any atom is -0.392 e. The average Bonchev–Trinajstić information content (AvgIpc) is 2.33.